The van der Waals surface area contributed by atoms with Crippen LogP contribution >= 0.6 is 11.6 Å². The molecule has 1 aromatic rings. The molecule has 1 aliphatic carbocycles. The maximum Gasteiger partial charge on any atom is 0.0408 e. The fourth-order valence-electron chi connectivity index (χ4n) is 1.21. The number of benzene rings is 1. The van der Waals surface area contributed by atoms with Crippen LogP contribution < -0.4 is 11.5 Å². The Hall–Kier alpha value is -0.570. The van der Waals surface area contributed by atoms with Gasteiger partial charge in [-0.25, -0.2) is 0 Å². The molecule has 3 heteroatoms. The maximum absolute atomic E-state index is 5.74. The molecule has 2 nitrogen and oxygen atoms in total. The van der Waals surface area contributed by atoms with Crippen molar-refractivity contribution in [3.63, 3.8) is 0 Å². The minimum absolute atomic E-state index is 0.681. The van der Waals surface area contributed by atoms with Crippen LogP contribution in [0.3, 0.4) is 0 Å². The monoisotopic (exact) mass is 256 g/mol. The predicted octanol–water partition coefficient (Wildman–Crippen LogP) is 3.22. The van der Waals surface area contributed by atoms with Crippen molar-refractivity contribution in [1.29, 1.82) is 0 Å². The number of nitrogens with two attached hydrogens (primary N) is 2. The molecule has 98 valence electrons. The molecular weight excluding hydrogens is 232 g/mol. The molecule has 0 spiro atoms. The third-order valence-electron chi connectivity index (χ3n) is 2.35. The molecule has 0 unspecified atom stereocenters. The second-order valence-corrected chi connectivity index (χ2v) is 4.28. The lowest BCUT2D eigenvalue weighted by Crippen LogP contribution is -2.02. The van der Waals surface area contributed by atoms with Crippen LogP contribution in [-0.4, -0.2) is 13.1 Å². The summed E-state index contributed by atoms with van der Waals surface area (Å²) < 4.78 is 0. The minimum Gasteiger partial charge on any atom is -0.330 e. The standard InChI is InChI=1S/C8H10ClN.C4H9N.C2H6/c9-8-3-1-2-7(6-8)4-5-10;5-3-4-1-2-4;1-2/h1-3,6H,4-5,10H2;4H,1-3,5H2;1-2H3. The maximum atomic E-state index is 5.74. The molecule has 0 bridgehead atoms. The van der Waals surface area contributed by atoms with E-state index >= 15 is 0 Å². The highest BCUT2D eigenvalue weighted by atomic mass is 35.5. The van der Waals surface area contributed by atoms with Crippen molar-refractivity contribution in [2.24, 2.45) is 17.4 Å². The summed E-state index contributed by atoms with van der Waals surface area (Å²) in [7, 11) is 0. The van der Waals surface area contributed by atoms with Crippen LogP contribution in [0.1, 0.15) is 32.3 Å². The van der Waals surface area contributed by atoms with Crippen LogP contribution in [0.25, 0.3) is 0 Å². The van der Waals surface area contributed by atoms with Crippen molar-refractivity contribution in [3.05, 3.63) is 34.9 Å². The van der Waals surface area contributed by atoms with E-state index in [0.717, 1.165) is 23.9 Å². The van der Waals surface area contributed by atoms with Gasteiger partial charge >= 0.3 is 0 Å². The van der Waals surface area contributed by atoms with E-state index in [2.05, 4.69) is 0 Å². The van der Waals surface area contributed by atoms with Crippen LogP contribution in [0, 0.1) is 5.92 Å². The first-order chi connectivity index (χ1) is 8.26. The van der Waals surface area contributed by atoms with Crippen LogP contribution in [0.5, 0.6) is 0 Å². The van der Waals surface area contributed by atoms with Crippen LogP contribution in [0.15, 0.2) is 24.3 Å². The van der Waals surface area contributed by atoms with Gasteiger partial charge in [-0.15, -0.1) is 0 Å². The lowest BCUT2D eigenvalue weighted by molar-refractivity contribution is 0.847. The van der Waals surface area contributed by atoms with Crippen molar-refractivity contribution >= 4 is 11.6 Å². The lowest BCUT2D eigenvalue weighted by Gasteiger charge is -1.96. The third kappa shape index (κ3) is 9.16. The normalized spacial score (nSPS) is 13.0. The summed E-state index contributed by atoms with van der Waals surface area (Å²) in [6, 6.07) is 7.77. The molecule has 2 rings (SSSR count). The Kier molecular flexibility index (Phi) is 10.2. The summed E-state index contributed by atoms with van der Waals surface area (Å²) >= 11 is 5.74. The van der Waals surface area contributed by atoms with Crippen molar-refractivity contribution in [1.82, 2.24) is 0 Å². The Balaban J connectivity index is 0.000000306. The molecule has 0 amide bonds. The van der Waals surface area contributed by atoms with Gasteiger partial charge in [0.15, 0.2) is 0 Å². The van der Waals surface area contributed by atoms with Gasteiger partial charge in [-0.3, -0.25) is 0 Å². The predicted molar refractivity (Wildman–Crippen MR) is 77.3 cm³/mol. The van der Waals surface area contributed by atoms with E-state index in [9.17, 15) is 0 Å². The zero-order valence-electron chi connectivity index (χ0n) is 11.0. The zero-order valence-corrected chi connectivity index (χ0v) is 11.7. The Morgan fingerprint density at radius 3 is 2.24 bits per heavy atom. The Morgan fingerprint density at radius 2 is 1.88 bits per heavy atom. The second-order valence-electron chi connectivity index (χ2n) is 3.85. The summed E-state index contributed by atoms with van der Waals surface area (Å²) in [5, 5.41) is 0.783. The molecule has 0 aliphatic heterocycles. The first-order valence-corrected chi connectivity index (χ1v) is 6.78. The molecule has 1 aliphatic rings. The quantitative estimate of drug-likeness (QED) is 0.873. The fourth-order valence-corrected chi connectivity index (χ4v) is 1.43. The van der Waals surface area contributed by atoms with Gasteiger partial charge in [-0.1, -0.05) is 37.6 Å². The van der Waals surface area contributed by atoms with Crippen molar-refractivity contribution in [2.75, 3.05) is 13.1 Å². The summed E-state index contributed by atoms with van der Waals surface area (Å²) in [5.41, 5.74) is 11.8. The molecule has 0 aromatic heterocycles. The Labute approximate surface area is 110 Å². The van der Waals surface area contributed by atoms with Gasteiger partial charge in [0.05, 0.1) is 0 Å². The molecule has 4 N–H and O–H groups in total. The fraction of sp³-hybridized carbons (Fsp3) is 0.571. The average molecular weight is 257 g/mol. The van der Waals surface area contributed by atoms with Gasteiger partial charge in [0.1, 0.15) is 0 Å². The first kappa shape index (κ1) is 16.4. The van der Waals surface area contributed by atoms with E-state index in [1.807, 2.05) is 38.1 Å². The third-order valence-corrected chi connectivity index (χ3v) is 2.59. The van der Waals surface area contributed by atoms with Gasteiger partial charge in [0, 0.05) is 5.02 Å². The molecule has 0 saturated heterocycles. The van der Waals surface area contributed by atoms with Gasteiger partial charge in [-0.05, 0) is 56.0 Å². The second kappa shape index (κ2) is 10.6. The number of halogens is 1. The highest BCUT2D eigenvalue weighted by Crippen LogP contribution is 2.26. The Morgan fingerprint density at radius 1 is 1.24 bits per heavy atom. The van der Waals surface area contributed by atoms with E-state index in [4.69, 9.17) is 23.1 Å². The van der Waals surface area contributed by atoms with Crippen LogP contribution in [-0.2, 0) is 6.42 Å². The molecule has 0 radical (unpaired) electrons. The number of hydrogen-bond donors (Lipinski definition) is 2. The summed E-state index contributed by atoms with van der Waals surface area (Å²) in [5.74, 6) is 0.912. The van der Waals surface area contributed by atoms with Crippen molar-refractivity contribution < 1.29 is 0 Å². The van der Waals surface area contributed by atoms with Crippen LogP contribution in [0.4, 0.5) is 0 Å². The van der Waals surface area contributed by atoms with Crippen molar-refractivity contribution in [3.8, 4) is 0 Å². The highest BCUT2D eigenvalue weighted by molar-refractivity contribution is 6.30. The van der Waals surface area contributed by atoms with Gasteiger partial charge < -0.3 is 11.5 Å². The van der Waals surface area contributed by atoms with E-state index < -0.39 is 0 Å². The highest BCUT2D eigenvalue weighted by Gasteiger charge is 2.17. The zero-order chi connectivity index (χ0) is 13.1. The molecule has 0 atom stereocenters. The Bertz CT molecular complexity index is 285. The molecule has 1 fully saturated rings. The van der Waals surface area contributed by atoms with E-state index in [1.54, 1.807) is 0 Å². The largest absolute Gasteiger partial charge is 0.330 e. The molecule has 0 heterocycles. The molecule has 1 aromatic carbocycles. The van der Waals surface area contributed by atoms with Gasteiger partial charge in [0.2, 0.25) is 0 Å². The summed E-state index contributed by atoms with van der Waals surface area (Å²) in [4.78, 5) is 0. The molecule has 17 heavy (non-hydrogen) atoms. The number of rotatable bonds is 3. The topological polar surface area (TPSA) is 52.0 Å². The minimum atomic E-state index is 0.681. The van der Waals surface area contributed by atoms with Gasteiger partial charge in [-0.2, -0.15) is 0 Å². The van der Waals surface area contributed by atoms with Crippen molar-refractivity contribution in [2.45, 2.75) is 33.1 Å². The summed E-state index contributed by atoms with van der Waals surface area (Å²) in [6.07, 6.45) is 3.67. The van der Waals surface area contributed by atoms with E-state index in [0.29, 0.717) is 6.54 Å². The smallest absolute Gasteiger partial charge is 0.0408 e. The van der Waals surface area contributed by atoms with Crippen LogP contribution in [0.2, 0.25) is 5.02 Å². The first-order valence-electron chi connectivity index (χ1n) is 6.41. The number of hydrogen-bond acceptors (Lipinski definition) is 2. The SMILES string of the molecule is CC.NCC1CC1.NCCc1cccc(Cl)c1. The molecule has 1 saturated carbocycles. The van der Waals surface area contributed by atoms with E-state index in [-0.39, 0.29) is 0 Å². The average Bonchev–Trinajstić information content (AvgIpc) is 3.17. The summed E-state index contributed by atoms with van der Waals surface area (Å²) in [6.45, 7) is 5.60. The van der Waals surface area contributed by atoms with Gasteiger partial charge in [0.25, 0.3) is 0 Å². The molecular formula is C14H25ClN2. The lowest BCUT2D eigenvalue weighted by atomic mass is 10.2. The van der Waals surface area contributed by atoms with E-state index in [1.165, 1.54) is 18.4 Å².